The van der Waals surface area contributed by atoms with Gasteiger partial charge in [0.25, 0.3) is 0 Å². The van der Waals surface area contributed by atoms with Crippen LogP contribution in [0.2, 0.25) is 5.02 Å². The zero-order valence-electron chi connectivity index (χ0n) is 13.8. The number of nitrogens with zero attached hydrogens (tertiary/aromatic N) is 1. The Labute approximate surface area is 154 Å². The molecule has 1 aliphatic heterocycles. The molecule has 2 aromatic carbocycles. The molecule has 136 valence electrons. The number of hydrogen-bond acceptors (Lipinski definition) is 2. The molecule has 2 aromatic rings. The molecular weight excluding hydrogens is 362 g/mol. The van der Waals surface area contributed by atoms with Crippen molar-refractivity contribution in [3.63, 3.8) is 0 Å². The van der Waals surface area contributed by atoms with Crippen LogP contribution in [0.15, 0.2) is 42.5 Å². The summed E-state index contributed by atoms with van der Waals surface area (Å²) in [4.78, 5) is 25.4. The van der Waals surface area contributed by atoms with Crippen molar-refractivity contribution in [2.24, 2.45) is 5.92 Å². The molecule has 3 rings (SSSR count). The lowest BCUT2D eigenvalue weighted by molar-refractivity contribution is -0.126. The van der Waals surface area contributed by atoms with Crippen molar-refractivity contribution in [2.45, 2.75) is 12.8 Å². The van der Waals surface area contributed by atoms with Crippen LogP contribution < -0.4 is 10.2 Å². The number of halogens is 3. The van der Waals surface area contributed by atoms with Gasteiger partial charge in [0, 0.05) is 24.5 Å². The van der Waals surface area contributed by atoms with E-state index in [-0.39, 0.29) is 18.9 Å². The summed E-state index contributed by atoms with van der Waals surface area (Å²) in [5, 5.41) is 3.41. The lowest BCUT2D eigenvalue weighted by Gasteiger charge is -2.18. The Morgan fingerprint density at radius 2 is 1.81 bits per heavy atom. The zero-order valence-corrected chi connectivity index (χ0v) is 14.6. The molecule has 1 unspecified atom stereocenters. The van der Waals surface area contributed by atoms with E-state index in [9.17, 15) is 18.4 Å². The van der Waals surface area contributed by atoms with Crippen LogP contribution in [0.3, 0.4) is 0 Å². The first kappa shape index (κ1) is 18.3. The minimum Gasteiger partial charge on any atom is -0.355 e. The predicted octanol–water partition coefficient (Wildman–Crippen LogP) is 3.33. The molecule has 1 fully saturated rings. The van der Waals surface area contributed by atoms with Crippen LogP contribution in [-0.2, 0) is 16.0 Å². The summed E-state index contributed by atoms with van der Waals surface area (Å²) in [6.07, 6.45) is 0.551. The third kappa shape index (κ3) is 4.02. The van der Waals surface area contributed by atoms with Gasteiger partial charge in [0.15, 0.2) is 0 Å². The van der Waals surface area contributed by atoms with E-state index in [4.69, 9.17) is 11.6 Å². The Bertz CT molecular complexity index is 807. The molecule has 2 amide bonds. The molecule has 1 aliphatic rings. The maximum atomic E-state index is 13.9. The molecule has 0 aromatic heterocycles. The van der Waals surface area contributed by atoms with Crippen LogP contribution in [0.4, 0.5) is 14.5 Å². The molecule has 0 bridgehead atoms. The third-order valence-electron chi connectivity index (χ3n) is 4.33. The molecule has 0 saturated carbocycles. The minimum atomic E-state index is -0.817. The molecule has 4 nitrogen and oxygen atoms in total. The molecule has 26 heavy (non-hydrogen) atoms. The Morgan fingerprint density at radius 1 is 1.15 bits per heavy atom. The number of para-hydroxylation sites is 1. The highest BCUT2D eigenvalue weighted by Crippen LogP contribution is 2.29. The van der Waals surface area contributed by atoms with E-state index >= 15 is 0 Å². The van der Waals surface area contributed by atoms with Crippen LogP contribution in [0.1, 0.15) is 12.0 Å². The van der Waals surface area contributed by atoms with E-state index in [0.717, 1.165) is 22.6 Å². The summed E-state index contributed by atoms with van der Waals surface area (Å²) in [5.41, 5.74) is 0.626. The highest BCUT2D eigenvalue weighted by molar-refractivity contribution is 6.30. The number of anilines is 1. The van der Waals surface area contributed by atoms with Crippen molar-refractivity contribution in [1.82, 2.24) is 5.32 Å². The fourth-order valence-electron chi connectivity index (χ4n) is 2.97. The first-order chi connectivity index (χ1) is 12.5. The maximum Gasteiger partial charge on any atom is 0.228 e. The van der Waals surface area contributed by atoms with Crippen molar-refractivity contribution >= 4 is 29.1 Å². The standard InChI is InChI=1S/C19H17ClF2N2O2/c20-14-6-4-12(5-7-14)8-9-23-19(26)13-10-17(25)24(11-13)18-15(21)2-1-3-16(18)22/h1-7,13H,8-11H2,(H,23,26). The SMILES string of the molecule is O=C(NCCc1ccc(Cl)cc1)C1CC(=O)N(c2c(F)cccc2F)C1. The predicted molar refractivity (Wildman–Crippen MR) is 95.0 cm³/mol. The maximum absolute atomic E-state index is 13.9. The van der Waals surface area contributed by atoms with Gasteiger partial charge in [0.1, 0.15) is 17.3 Å². The Hall–Kier alpha value is -2.47. The lowest BCUT2D eigenvalue weighted by atomic mass is 10.1. The molecule has 0 radical (unpaired) electrons. The van der Waals surface area contributed by atoms with Gasteiger partial charge in [-0.2, -0.15) is 0 Å². The molecule has 1 heterocycles. The highest BCUT2D eigenvalue weighted by Gasteiger charge is 2.37. The summed E-state index contributed by atoms with van der Waals surface area (Å²) in [5.74, 6) is -3.03. The van der Waals surface area contributed by atoms with E-state index in [0.29, 0.717) is 18.0 Å². The Kier molecular flexibility index (Phi) is 5.52. The van der Waals surface area contributed by atoms with E-state index < -0.39 is 29.1 Å². The van der Waals surface area contributed by atoms with Crippen LogP contribution in [0.5, 0.6) is 0 Å². The van der Waals surface area contributed by atoms with Crippen LogP contribution in [0, 0.1) is 17.6 Å². The summed E-state index contributed by atoms with van der Waals surface area (Å²) < 4.78 is 27.8. The molecule has 1 N–H and O–H groups in total. The first-order valence-electron chi connectivity index (χ1n) is 8.22. The van der Waals surface area contributed by atoms with Crippen LogP contribution >= 0.6 is 11.6 Å². The average molecular weight is 379 g/mol. The van der Waals surface area contributed by atoms with Crippen molar-refractivity contribution < 1.29 is 18.4 Å². The number of carbonyl (C=O) groups excluding carboxylic acids is 2. The van der Waals surface area contributed by atoms with Gasteiger partial charge in [0.2, 0.25) is 11.8 Å². The molecule has 7 heteroatoms. The number of carbonyl (C=O) groups is 2. The van der Waals surface area contributed by atoms with Gasteiger partial charge in [-0.25, -0.2) is 8.78 Å². The number of nitrogens with one attached hydrogen (secondary N) is 1. The smallest absolute Gasteiger partial charge is 0.228 e. The minimum absolute atomic E-state index is 0.0382. The van der Waals surface area contributed by atoms with Gasteiger partial charge in [-0.05, 0) is 36.2 Å². The van der Waals surface area contributed by atoms with Gasteiger partial charge in [-0.3, -0.25) is 9.59 Å². The summed E-state index contributed by atoms with van der Waals surface area (Å²) in [6, 6.07) is 10.7. The Morgan fingerprint density at radius 3 is 2.46 bits per heavy atom. The van der Waals surface area contributed by atoms with Crippen molar-refractivity contribution in [1.29, 1.82) is 0 Å². The second kappa shape index (κ2) is 7.83. The van der Waals surface area contributed by atoms with Crippen molar-refractivity contribution in [2.75, 3.05) is 18.0 Å². The normalized spacial score (nSPS) is 16.8. The summed E-state index contributed by atoms with van der Waals surface area (Å²) in [7, 11) is 0. The van der Waals surface area contributed by atoms with Crippen molar-refractivity contribution in [3.8, 4) is 0 Å². The lowest BCUT2D eigenvalue weighted by Crippen LogP contribution is -2.34. The zero-order chi connectivity index (χ0) is 18.7. The number of amides is 2. The highest BCUT2D eigenvalue weighted by atomic mass is 35.5. The average Bonchev–Trinajstić information content (AvgIpc) is 2.98. The van der Waals surface area contributed by atoms with Gasteiger partial charge < -0.3 is 10.2 Å². The number of benzene rings is 2. The van der Waals surface area contributed by atoms with Crippen LogP contribution in [0.25, 0.3) is 0 Å². The van der Waals surface area contributed by atoms with Crippen molar-refractivity contribution in [3.05, 3.63) is 64.7 Å². The molecular formula is C19H17ClF2N2O2. The van der Waals surface area contributed by atoms with Gasteiger partial charge in [-0.1, -0.05) is 29.8 Å². The monoisotopic (exact) mass is 378 g/mol. The largest absolute Gasteiger partial charge is 0.355 e. The number of hydrogen-bond donors (Lipinski definition) is 1. The van der Waals surface area contributed by atoms with Crippen LogP contribution in [-0.4, -0.2) is 24.9 Å². The topological polar surface area (TPSA) is 49.4 Å². The fraction of sp³-hybridized carbons (Fsp3) is 0.263. The molecule has 1 saturated heterocycles. The van der Waals surface area contributed by atoms with E-state index in [2.05, 4.69) is 5.32 Å². The molecule has 1 atom stereocenters. The fourth-order valence-corrected chi connectivity index (χ4v) is 3.10. The first-order valence-corrected chi connectivity index (χ1v) is 8.60. The second-order valence-corrected chi connectivity index (χ2v) is 6.58. The third-order valence-corrected chi connectivity index (χ3v) is 4.58. The molecule has 0 spiro atoms. The summed E-state index contributed by atoms with van der Waals surface area (Å²) in [6.45, 7) is 0.364. The number of rotatable bonds is 5. The van der Waals surface area contributed by atoms with E-state index in [1.807, 2.05) is 12.1 Å². The second-order valence-electron chi connectivity index (χ2n) is 6.14. The van der Waals surface area contributed by atoms with E-state index in [1.165, 1.54) is 6.07 Å². The molecule has 0 aliphatic carbocycles. The van der Waals surface area contributed by atoms with Gasteiger partial charge in [-0.15, -0.1) is 0 Å². The van der Waals surface area contributed by atoms with Gasteiger partial charge >= 0.3 is 0 Å². The quantitative estimate of drug-likeness (QED) is 0.867. The van der Waals surface area contributed by atoms with Gasteiger partial charge in [0.05, 0.1) is 5.92 Å². The summed E-state index contributed by atoms with van der Waals surface area (Å²) >= 11 is 5.82. The Balaban J connectivity index is 1.58. The van der Waals surface area contributed by atoms with E-state index in [1.54, 1.807) is 12.1 Å².